The number of fused-ring (bicyclic) bond motifs is 1. The molecule has 166 valence electrons. The lowest BCUT2D eigenvalue weighted by molar-refractivity contribution is -0.127. The third-order valence-corrected chi connectivity index (χ3v) is 6.56. The fraction of sp³-hybridized carbons (Fsp3) is 0.200. The number of amides is 1. The van der Waals surface area contributed by atoms with Crippen molar-refractivity contribution in [2.24, 2.45) is 0 Å². The van der Waals surface area contributed by atoms with Crippen LogP contribution in [0.2, 0.25) is 0 Å². The Kier molecular flexibility index (Phi) is 6.10. The zero-order valence-corrected chi connectivity index (χ0v) is 18.8. The zero-order chi connectivity index (χ0) is 22.6. The minimum Gasteiger partial charge on any atom is -0.337 e. The first-order valence-corrected chi connectivity index (χ1v) is 11.7. The summed E-state index contributed by atoms with van der Waals surface area (Å²) in [5.74, 6) is 0.0226. The molecule has 8 heteroatoms. The van der Waals surface area contributed by atoms with E-state index >= 15 is 0 Å². The van der Waals surface area contributed by atoms with Crippen molar-refractivity contribution in [3.05, 3.63) is 94.4 Å². The molecule has 0 spiro atoms. The molecule has 0 N–H and O–H groups in total. The van der Waals surface area contributed by atoms with E-state index in [1.165, 1.54) is 15.9 Å². The van der Waals surface area contributed by atoms with Crippen LogP contribution in [0.25, 0.3) is 21.6 Å². The summed E-state index contributed by atoms with van der Waals surface area (Å²) in [4.78, 5) is 34.5. The molecule has 1 aliphatic heterocycles. The lowest BCUT2D eigenvalue weighted by Crippen LogP contribution is -2.48. The van der Waals surface area contributed by atoms with Gasteiger partial charge < -0.3 is 4.90 Å². The van der Waals surface area contributed by atoms with Gasteiger partial charge in [0.1, 0.15) is 5.01 Å². The van der Waals surface area contributed by atoms with Crippen LogP contribution in [-0.4, -0.2) is 56.5 Å². The maximum atomic E-state index is 12.6. The van der Waals surface area contributed by atoms with E-state index < -0.39 is 0 Å². The number of benzene rings is 2. The van der Waals surface area contributed by atoms with Gasteiger partial charge in [-0.05, 0) is 11.6 Å². The molecule has 1 aliphatic rings. The van der Waals surface area contributed by atoms with E-state index in [-0.39, 0.29) is 11.5 Å². The Bertz CT molecular complexity index is 1340. The van der Waals surface area contributed by atoms with Crippen molar-refractivity contribution in [3.8, 4) is 10.6 Å². The summed E-state index contributed by atoms with van der Waals surface area (Å²) in [7, 11) is 0. The van der Waals surface area contributed by atoms with Gasteiger partial charge in [-0.2, -0.15) is 9.61 Å². The van der Waals surface area contributed by atoms with Gasteiger partial charge in [0.05, 0.1) is 5.69 Å². The number of nitrogens with zero attached hydrogens (tertiary/aromatic N) is 5. The summed E-state index contributed by atoms with van der Waals surface area (Å²) < 4.78 is 1.37. The van der Waals surface area contributed by atoms with Crippen molar-refractivity contribution in [2.75, 3.05) is 26.2 Å². The van der Waals surface area contributed by atoms with Crippen LogP contribution in [0.3, 0.4) is 0 Å². The molecule has 0 radical (unpaired) electrons. The quantitative estimate of drug-likeness (QED) is 0.431. The Balaban J connectivity index is 1.22. The first-order valence-electron chi connectivity index (χ1n) is 10.9. The smallest absolute Gasteiger partial charge is 0.275 e. The Hall–Kier alpha value is -3.62. The molecule has 2 aromatic carbocycles. The summed E-state index contributed by atoms with van der Waals surface area (Å²) in [5.41, 5.74) is 2.53. The summed E-state index contributed by atoms with van der Waals surface area (Å²) in [6.45, 7) is 3.36. The molecule has 5 rings (SSSR count). The van der Waals surface area contributed by atoms with Crippen molar-refractivity contribution < 1.29 is 4.79 Å². The molecule has 0 saturated carbocycles. The van der Waals surface area contributed by atoms with Crippen molar-refractivity contribution in [1.82, 2.24) is 24.4 Å². The number of aromatic nitrogens is 3. The average molecular weight is 458 g/mol. The highest BCUT2D eigenvalue weighted by molar-refractivity contribution is 7.19. The van der Waals surface area contributed by atoms with Gasteiger partial charge in [0.15, 0.2) is 0 Å². The van der Waals surface area contributed by atoms with Crippen molar-refractivity contribution >= 4 is 28.3 Å². The van der Waals surface area contributed by atoms with Gasteiger partial charge in [0.25, 0.3) is 5.56 Å². The molecule has 3 heterocycles. The molecule has 0 bridgehead atoms. The van der Waals surface area contributed by atoms with E-state index in [2.05, 4.69) is 15.0 Å². The molecule has 1 fully saturated rings. The molecular weight excluding hydrogens is 434 g/mol. The van der Waals surface area contributed by atoms with Gasteiger partial charge in [-0.1, -0.05) is 72.0 Å². The molecule has 2 aromatic heterocycles. The van der Waals surface area contributed by atoms with E-state index in [4.69, 9.17) is 0 Å². The average Bonchev–Trinajstić information content (AvgIpc) is 3.29. The summed E-state index contributed by atoms with van der Waals surface area (Å²) >= 11 is 1.41. The normalized spacial score (nSPS) is 14.8. The maximum absolute atomic E-state index is 12.6. The van der Waals surface area contributed by atoms with Gasteiger partial charge in [0.2, 0.25) is 10.9 Å². The van der Waals surface area contributed by atoms with Gasteiger partial charge in [0, 0.05) is 50.4 Å². The molecule has 33 heavy (non-hydrogen) atoms. The second-order valence-electron chi connectivity index (χ2n) is 7.90. The van der Waals surface area contributed by atoms with Crippen LogP contribution in [0.15, 0.2) is 77.6 Å². The monoisotopic (exact) mass is 457 g/mol. The van der Waals surface area contributed by atoms with E-state index in [0.29, 0.717) is 24.6 Å². The van der Waals surface area contributed by atoms with Crippen LogP contribution < -0.4 is 5.56 Å². The summed E-state index contributed by atoms with van der Waals surface area (Å²) in [6, 6.07) is 21.2. The Morgan fingerprint density at radius 1 is 0.970 bits per heavy atom. The van der Waals surface area contributed by atoms with Gasteiger partial charge in [-0.15, -0.1) is 0 Å². The van der Waals surface area contributed by atoms with E-state index in [1.807, 2.05) is 71.6 Å². The first kappa shape index (κ1) is 21.2. The molecule has 0 atom stereocenters. The molecule has 0 unspecified atom stereocenters. The number of carbonyl (C=O) groups excluding carboxylic acids is 1. The number of rotatable bonds is 5. The van der Waals surface area contributed by atoms with Gasteiger partial charge in [-0.3, -0.25) is 14.5 Å². The van der Waals surface area contributed by atoms with Crippen LogP contribution in [0, 0.1) is 0 Å². The van der Waals surface area contributed by atoms with E-state index in [9.17, 15) is 9.59 Å². The van der Waals surface area contributed by atoms with Gasteiger partial charge >= 0.3 is 0 Å². The number of piperazine rings is 1. The van der Waals surface area contributed by atoms with E-state index in [0.717, 1.165) is 34.9 Å². The third-order valence-electron chi connectivity index (χ3n) is 5.61. The summed E-state index contributed by atoms with van der Waals surface area (Å²) in [5, 5.41) is 5.21. The van der Waals surface area contributed by atoms with Crippen LogP contribution in [0.1, 0.15) is 11.3 Å². The highest BCUT2D eigenvalue weighted by atomic mass is 32.1. The minimum absolute atomic E-state index is 0.0226. The highest BCUT2D eigenvalue weighted by Crippen LogP contribution is 2.24. The fourth-order valence-corrected chi connectivity index (χ4v) is 4.76. The highest BCUT2D eigenvalue weighted by Gasteiger charge is 2.20. The van der Waals surface area contributed by atoms with E-state index in [1.54, 1.807) is 12.1 Å². The topological polar surface area (TPSA) is 70.8 Å². The third kappa shape index (κ3) is 4.92. The Labute approximate surface area is 195 Å². The lowest BCUT2D eigenvalue weighted by atomic mass is 10.2. The molecular formula is C25H23N5O2S. The predicted octanol–water partition coefficient (Wildman–Crippen LogP) is 3.18. The predicted molar refractivity (Wildman–Crippen MR) is 130 cm³/mol. The number of carbonyl (C=O) groups is 1. The molecule has 0 aliphatic carbocycles. The second kappa shape index (κ2) is 9.48. The number of hydrogen-bond acceptors (Lipinski definition) is 6. The van der Waals surface area contributed by atoms with Crippen LogP contribution in [0.5, 0.6) is 0 Å². The standard InChI is InChI=1S/C25H23N5O2S/c31-22(12-11-19-7-3-1-4-8-19)29-15-13-28(14-16-29)18-21-17-23(32)30-25(26-21)33-24(27-30)20-9-5-2-6-10-20/h1-12,17H,13-16,18H2/b12-11+. The van der Waals surface area contributed by atoms with Crippen molar-refractivity contribution in [2.45, 2.75) is 6.54 Å². The molecule has 7 nitrogen and oxygen atoms in total. The van der Waals surface area contributed by atoms with Crippen molar-refractivity contribution in [1.29, 1.82) is 0 Å². The lowest BCUT2D eigenvalue weighted by Gasteiger charge is -2.34. The second-order valence-corrected chi connectivity index (χ2v) is 8.85. The van der Waals surface area contributed by atoms with Crippen LogP contribution in [0.4, 0.5) is 0 Å². The maximum Gasteiger partial charge on any atom is 0.275 e. The fourth-order valence-electron chi connectivity index (χ4n) is 3.83. The van der Waals surface area contributed by atoms with Crippen LogP contribution >= 0.6 is 11.3 Å². The summed E-state index contributed by atoms with van der Waals surface area (Å²) in [6.07, 6.45) is 3.48. The zero-order valence-electron chi connectivity index (χ0n) is 18.0. The number of hydrogen-bond donors (Lipinski definition) is 0. The first-order chi connectivity index (χ1) is 16.2. The van der Waals surface area contributed by atoms with Crippen molar-refractivity contribution in [3.63, 3.8) is 0 Å². The minimum atomic E-state index is -0.173. The largest absolute Gasteiger partial charge is 0.337 e. The molecule has 4 aromatic rings. The SMILES string of the molecule is O=C(/C=C/c1ccccc1)N1CCN(Cc2cc(=O)n3nc(-c4ccccc4)sc3n2)CC1. The van der Waals surface area contributed by atoms with Crippen LogP contribution in [-0.2, 0) is 11.3 Å². The Morgan fingerprint density at radius 2 is 1.67 bits per heavy atom. The Morgan fingerprint density at radius 3 is 2.39 bits per heavy atom. The molecule has 1 amide bonds. The van der Waals surface area contributed by atoms with Gasteiger partial charge in [-0.25, -0.2) is 4.98 Å². The molecule has 1 saturated heterocycles.